The second-order valence-electron chi connectivity index (χ2n) is 1.43. The first-order chi connectivity index (χ1) is 6.64. The number of hydrogen-bond donors (Lipinski definition) is 2. The molecule has 0 saturated carbocycles. The summed E-state index contributed by atoms with van der Waals surface area (Å²) in [5.74, 6) is -3.65. The van der Waals surface area contributed by atoms with Gasteiger partial charge in [0.2, 0.25) is 0 Å². The molecule has 0 aliphatic carbocycles. The standard InChI is InChI=1S/C2H2O4.Al.K.2H2O4S.14H2O/c3-1(4)2(5)6;;;2*1-5(2,3)4;;;;;;;;;;;;;;/h(H,3,4)(H,5,6);;;2*(H2,1,2,3,4);14*1H2/q;+3;+1;;;;;;;;;;;;;;;;/p-4. The molecule has 0 aromatic carbocycles. The zero-order valence-corrected chi connectivity index (χ0v) is 21.3. The Morgan fingerprint density at radius 3 is 0.469 bits per heavy atom. The minimum absolute atomic E-state index is 0. The van der Waals surface area contributed by atoms with Crippen LogP contribution in [0.4, 0.5) is 0 Å². The first kappa shape index (κ1) is 179. The second kappa shape index (κ2) is 85.8. The predicted molar refractivity (Wildman–Crippen MR) is 92.6 cm³/mol. The summed E-state index contributed by atoms with van der Waals surface area (Å²) in [5.41, 5.74) is 0. The zero-order chi connectivity index (χ0) is 14.2. The van der Waals surface area contributed by atoms with Gasteiger partial charge in [-0.2, -0.15) is 0 Å². The Labute approximate surface area is 231 Å². The van der Waals surface area contributed by atoms with Gasteiger partial charge in [-0.1, -0.05) is 0 Å². The number of carboxylic acids is 2. The second-order valence-corrected chi connectivity index (χ2v) is 3.06. The van der Waals surface area contributed by atoms with E-state index in [-0.39, 0.29) is 145 Å². The molecule has 26 nitrogen and oxygen atoms in total. The van der Waals surface area contributed by atoms with Crippen LogP contribution in [0, 0.1) is 0 Å². The predicted octanol–water partition coefficient (Wildman–Crippen LogP) is -18.4. The summed E-state index contributed by atoms with van der Waals surface area (Å²) < 4.78 is 68.2. The van der Waals surface area contributed by atoms with Gasteiger partial charge < -0.3 is 105 Å². The summed E-state index contributed by atoms with van der Waals surface area (Å²) in [7, 11) is -10.3. The Morgan fingerprint density at radius 1 is 0.438 bits per heavy atom. The largest absolute Gasteiger partial charge is 3.00 e. The molecule has 0 rings (SSSR count). The SMILES string of the molecule is O.O.O.O.O.O.O.O.O.O.O.O.O.O.O=C(O)C(=O)O.O=S(=O)([O-])[O-].O=S(=O)([O-])[O-].[Al+3].[K+]. The topological polar surface area (TPSA) is 676 Å². The first-order valence-electron chi connectivity index (χ1n) is 2.44. The molecule has 30 N–H and O–H groups in total. The molecule has 0 unspecified atom stereocenters. The first-order valence-corrected chi connectivity index (χ1v) is 5.11. The van der Waals surface area contributed by atoms with Gasteiger partial charge >= 0.3 is 80.7 Å². The average molecular weight is 600 g/mol. The van der Waals surface area contributed by atoms with Gasteiger partial charge in [-0.25, -0.2) is 9.59 Å². The van der Waals surface area contributed by atoms with E-state index in [0.29, 0.717) is 0 Å². The molecular formula is C2H30AlKO26S2. The van der Waals surface area contributed by atoms with Gasteiger partial charge in [0, 0.05) is 20.8 Å². The third-order valence-corrected chi connectivity index (χ3v) is 0.183. The van der Waals surface area contributed by atoms with Crippen LogP contribution >= 0.6 is 0 Å². The monoisotopic (exact) mass is 600 g/mol. The van der Waals surface area contributed by atoms with Crippen molar-refractivity contribution in [2.24, 2.45) is 0 Å². The fourth-order valence-electron chi connectivity index (χ4n) is 0. The Balaban J connectivity index is -0.00000000374. The van der Waals surface area contributed by atoms with Gasteiger partial charge in [0.15, 0.2) is 0 Å². The molecule has 210 valence electrons. The van der Waals surface area contributed by atoms with Crippen molar-refractivity contribution in [3.8, 4) is 0 Å². The fourth-order valence-corrected chi connectivity index (χ4v) is 0. The van der Waals surface area contributed by atoms with Crippen molar-refractivity contribution < 1.29 is 183 Å². The van der Waals surface area contributed by atoms with Crippen LogP contribution in [-0.4, -0.2) is 151 Å². The number of carbonyl (C=O) groups is 2. The molecule has 0 radical (unpaired) electrons. The summed E-state index contributed by atoms with van der Waals surface area (Å²) in [6.45, 7) is 0. The summed E-state index contributed by atoms with van der Waals surface area (Å²) >= 11 is 0. The van der Waals surface area contributed by atoms with E-state index in [1.165, 1.54) is 0 Å². The zero-order valence-electron chi connectivity index (χ0n) is 15.4. The summed E-state index contributed by atoms with van der Waals surface area (Å²) in [6, 6.07) is 0. The summed E-state index contributed by atoms with van der Waals surface area (Å²) in [5, 5.41) is 14.8. The normalized spacial score (nSPS) is 5.00. The third kappa shape index (κ3) is 1410. The molecular weight excluding hydrogens is 570 g/mol. The van der Waals surface area contributed by atoms with Crippen LogP contribution in [0.1, 0.15) is 0 Å². The minimum Gasteiger partial charge on any atom is -0.759 e. The van der Waals surface area contributed by atoms with Crippen LogP contribution in [0.15, 0.2) is 0 Å². The fraction of sp³-hybridized carbons (Fsp3) is 0. The number of carboxylic acid groups (broad SMARTS) is 2. The maximum absolute atomic E-state index is 9.10. The van der Waals surface area contributed by atoms with Crippen molar-refractivity contribution in [3.63, 3.8) is 0 Å². The van der Waals surface area contributed by atoms with E-state index in [9.17, 15) is 0 Å². The van der Waals surface area contributed by atoms with Gasteiger partial charge in [0.1, 0.15) is 0 Å². The van der Waals surface area contributed by atoms with E-state index in [4.69, 9.17) is 54.8 Å². The molecule has 0 aromatic heterocycles. The maximum Gasteiger partial charge on any atom is 3.00 e. The van der Waals surface area contributed by atoms with Gasteiger partial charge in [-0.05, 0) is 0 Å². The Kier molecular flexibility index (Phi) is 480. The molecule has 0 saturated heterocycles. The van der Waals surface area contributed by atoms with Crippen LogP contribution in [-0.2, 0) is 30.4 Å². The molecule has 0 spiro atoms. The van der Waals surface area contributed by atoms with Crippen molar-refractivity contribution >= 4 is 50.1 Å². The maximum atomic E-state index is 9.10. The Morgan fingerprint density at radius 2 is 0.469 bits per heavy atom. The van der Waals surface area contributed by atoms with E-state index in [2.05, 4.69) is 0 Å². The molecule has 0 aliphatic rings. The van der Waals surface area contributed by atoms with Crippen LogP contribution in [0.5, 0.6) is 0 Å². The van der Waals surface area contributed by atoms with Gasteiger partial charge in [-0.3, -0.25) is 16.8 Å². The molecule has 0 amide bonds. The van der Waals surface area contributed by atoms with Crippen molar-refractivity contribution in [3.05, 3.63) is 0 Å². The van der Waals surface area contributed by atoms with E-state index in [1.807, 2.05) is 0 Å². The van der Waals surface area contributed by atoms with Crippen molar-refractivity contribution in [2.75, 3.05) is 0 Å². The van der Waals surface area contributed by atoms with Crippen LogP contribution < -0.4 is 51.4 Å². The summed E-state index contributed by atoms with van der Waals surface area (Å²) in [6.07, 6.45) is 0. The van der Waals surface area contributed by atoms with E-state index in [1.54, 1.807) is 0 Å². The van der Waals surface area contributed by atoms with Crippen LogP contribution in [0.3, 0.4) is 0 Å². The minimum atomic E-state index is -5.17. The summed E-state index contributed by atoms with van der Waals surface area (Å²) in [4.78, 5) is 18.2. The molecule has 0 heterocycles. The van der Waals surface area contributed by atoms with E-state index >= 15 is 0 Å². The molecule has 0 bridgehead atoms. The van der Waals surface area contributed by atoms with Gasteiger partial charge in [0.05, 0.1) is 0 Å². The van der Waals surface area contributed by atoms with Crippen LogP contribution in [0.25, 0.3) is 0 Å². The van der Waals surface area contributed by atoms with Gasteiger partial charge in [0.25, 0.3) is 0 Å². The molecule has 0 fully saturated rings. The number of hydrogen-bond acceptors (Lipinski definition) is 10. The smallest absolute Gasteiger partial charge is 0.759 e. The molecule has 0 atom stereocenters. The Hall–Kier alpha value is 0.289. The van der Waals surface area contributed by atoms with Crippen molar-refractivity contribution in [2.45, 2.75) is 0 Å². The number of rotatable bonds is 0. The molecule has 30 heteroatoms. The van der Waals surface area contributed by atoms with E-state index < -0.39 is 32.7 Å². The third-order valence-electron chi connectivity index (χ3n) is 0.183. The Bertz CT molecular complexity index is 369. The van der Waals surface area contributed by atoms with Crippen molar-refractivity contribution in [1.82, 2.24) is 0 Å². The van der Waals surface area contributed by atoms with Crippen molar-refractivity contribution in [1.29, 1.82) is 0 Å². The van der Waals surface area contributed by atoms with E-state index in [0.717, 1.165) is 0 Å². The number of aliphatic carboxylic acids is 2. The van der Waals surface area contributed by atoms with Crippen LogP contribution in [0.2, 0.25) is 0 Å². The average Bonchev–Trinajstić information content (AvgIpc) is 1.77. The molecule has 0 aliphatic heterocycles. The molecule has 32 heavy (non-hydrogen) atoms. The molecule has 0 aromatic rings. The quantitative estimate of drug-likeness (QED) is 0.113. The van der Waals surface area contributed by atoms with Gasteiger partial charge in [-0.15, -0.1) is 0 Å².